The van der Waals surface area contributed by atoms with Crippen LogP contribution in [0.25, 0.3) is 4.96 Å². The monoisotopic (exact) mass is 360 g/mol. The molecule has 0 spiro atoms. The van der Waals surface area contributed by atoms with Crippen molar-refractivity contribution in [1.29, 1.82) is 0 Å². The number of hydrogen-bond acceptors (Lipinski definition) is 7. The van der Waals surface area contributed by atoms with E-state index in [1.165, 1.54) is 15.7 Å². The zero-order valence-corrected chi connectivity index (χ0v) is 14.6. The first kappa shape index (κ1) is 15.7. The molecule has 0 atom stereocenters. The van der Waals surface area contributed by atoms with Gasteiger partial charge >= 0.3 is 5.82 Å². The van der Waals surface area contributed by atoms with Crippen molar-refractivity contribution in [1.82, 2.24) is 9.38 Å². The summed E-state index contributed by atoms with van der Waals surface area (Å²) in [6, 6.07) is 3.91. The van der Waals surface area contributed by atoms with Gasteiger partial charge in [0.2, 0.25) is 5.82 Å². The van der Waals surface area contributed by atoms with Gasteiger partial charge in [0.05, 0.1) is 14.2 Å². The molecule has 9 heteroatoms. The number of benzene rings is 1. The smallest absolute Gasteiger partial charge is 0.373 e. The number of ether oxygens (including phenoxy) is 2. The number of nitrogens with zero attached hydrogens (tertiary/aromatic N) is 4. The topological polar surface area (TPSA) is 82.1 Å². The summed E-state index contributed by atoms with van der Waals surface area (Å²) in [7, 11) is 3.21. The van der Waals surface area contributed by atoms with Gasteiger partial charge in [-0.3, -0.25) is 0 Å². The van der Waals surface area contributed by atoms with Gasteiger partial charge in [-0.25, -0.2) is 0 Å². The molecule has 0 saturated carbocycles. The number of aromatic nitrogens is 2. The lowest BCUT2D eigenvalue weighted by molar-refractivity contribution is -0.389. The standard InChI is InChI=1S/C16H16N4O4S/c1-23-12-7-10-3-4-18(9-11(10)8-13(12)24-2)14-15(20(21)22)19-5-6-25-16(19)17-14/h5-8H,3-4,9H2,1-2H3. The van der Waals surface area contributed by atoms with Crippen molar-refractivity contribution in [3.63, 3.8) is 0 Å². The van der Waals surface area contributed by atoms with E-state index in [1.54, 1.807) is 25.8 Å². The van der Waals surface area contributed by atoms with Crippen LogP contribution in [0.15, 0.2) is 23.7 Å². The van der Waals surface area contributed by atoms with E-state index < -0.39 is 0 Å². The van der Waals surface area contributed by atoms with E-state index in [1.807, 2.05) is 17.0 Å². The maximum absolute atomic E-state index is 11.6. The second-order valence-electron chi connectivity index (χ2n) is 5.72. The number of anilines is 1. The van der Waals surface area contributed by atoms with Crippen LogP contribution in [0.5, 0.6) is 11.5 Å². The lowest BCUT2D eigenvalue weighted by atomic mass is 9.99. The molecule has 4 rings (SSSR count). The number of nitro groups is 1. The number of fused-ring (bicyclic) bond motifs is 2. The van der Waals surface area contributed by atoms with Crippen LogP contribution in [0.2, 0.25) is 0 Å². The minimum Gasteiger partial charge on any atom is -0.493 e. The van der Waals surface area contributed by atoms with Crippen LogP contribution in [-0.2, 0) is 13.0 Å². The average Bonchev–Trinajstić information content (AvgIpc) is 3.20. The second-order valence-corrected chi connectivity index (χ2v) is 6.59. The zero-order valence-electron chi connectivity index (χ0n) is 13.8. The van der Waals surface area contributed by atoms with Gasteiger partial charge in [0.1, 0.15) is 6.20 Å². The quantitative estimate of drug-likeness (QED) is 0.526. The Morgan fingerprint density at radius 2 is 1.96 bits per heavy atom. The molecule has 0 saturated heterocycles. The van der Waals surface area contributed by atoms with Crippen molar-refractivity contribution < 1.29 is 14.4 Å². The summed E-state index contributed by atoms with van der Waals surface area (Å²) < 4.78 is 12.3. The minimum atomic E-state index is -0.369. The van der Waals surface area contributed by atoms with E-state index in [2.05, 4.69) is 4.98 Å². The van der Waals surface area contributed by atoms with Gasteiger partial charge in [0, 0.05) is 18.5 Å². The Labute approximate surface area is 147 Å². The SMILES string of the molecule is COc1cc2c(cc1OC)CN(c1nc3sccn3c1[N+](=O)[O-])CC2. The zero-order chi connectivity index (χ0) is 17.6. The predicted octanol–water partition coefficient (Wildman–Crippen LogP) is 2.88. The van der Waals surface area contributed by atoms with E-state index >= 15 is 0 Å². The van der Waals surface area contributed by atoms with Crippen LogP contribution >= 0.6 is 11.3 Å². The van der Waals surface area contributed by atoms with Gasteiger partial charge in [-0.1, -0.05) is 11.3 Å². The maximum atomic E-state index is 11.6. The Bertz CT molecular complexity index is 965. The average molecular weight is 360 g/mol. The number of rotatable bonds is 4. The molecule has 3 aromatic rings. The van der Waals surface area contributed by atoms with Crippen LogP contribution < -0.4 is 14.4 Å². The summed E-state index contributed by atoms with van der Waals surface area (Å²) in [6.07, 6.45) is 2.44. The Kier molecular flexibility index (Phi) is 3.72. The Morgan fingerprint density at radius 1 is 1.24 bits per heavy atom. The fourth-order valence-electron chi connectivity index (χ4n) is 3.21. The van der Waals surface area contributed by atoms with E-state index in [0.717, 1.165) is 17.5 Å². The first-order chi connectivity index (χ1) is 12.1. The number of imidazole rings is 1. The Balaban J connectivity index is 1.74. The maximum Gasteiger partial charge on any atom is 0.373 e. The van der Waals surface area contributed by atoms with Crippen LogP contribution in [0.3, 0.4) is 0 Å². The molecule has 1 aliphatic rings. The van der Waals surface area contributed by atoms with Crippen molar-refractivity contribution in [2.45, 2.75) is 13.0 Å². The fourth-order valence-corrected chi connectivity index (χ4v) is 3.91. The molecule has 0 radical (unpaired) electrons. The van der Waals surface area contributed by atoms with E-state index in [-0.39, 0.29) is 10.7 Å². The number of methoxy groups -OCH3 is 2. The third-order valence-electron chi connectivity index (χ3n) is 4.41. The van der Waals surface area contributed by atoms with Crippen LogP contribution in [0.1, 0.15) is 11.1 Å². The molecule has 25 heavy (non-hydrogen) atoms. The van der Waals surface area contributed by atoms with Crippen molar-refractivity contribution in [2.75, 3.05) is 25.7 Å². The van der Waals surface area contributed by atoms with Crippen molar-refractivity contribution >= 4 is 27.9 Å². The molecule has 1 aliphatic heterocycles. The third kappa shape index (κ3) is 2.47. The highest BCUT2D eigenvalue weighted by molar-refractivity contribution is 7.15. The molecule has 130 valence electrons. The summed E-state index contributed by atoms with van der Waals surface area (Å²) in [5.74, 6) is 1.78. The molecule has 0 N–H and O–H groups in total. The summed E-state index contributed by atoms with van der Waals surface area (Å²) in [5, 5.41) is 13.3. The van der Waals surface area contributed by atoms with Crippen molar-refractivity contribution in [2.24, 2.45) is 0 Å². The summed E-state index contributed by atoms with van der Waals surface area (Å²) >= 11 is 1.38. The second kappa shape index (κ2) is 5.92. The largest absolute Gasteiger partial charge is 0.493 e. The highest BCUT2D eigenvalue weighted by Crippen LogP contribution is 2.37. The van der Waals surface area contributed by atoms with Gasteiger partial charge in [-0.2, -0.15) is 9.38 Å². The Hall–Kier alpha value is -2.81. The van der Waals surface area contributed by atoms with Crippen LogP contribution in [-0.4, -0.2) is 35.1 Å². The molecule has 0 unspecified atom stereocenters. The first-order valence-corrected chi connectivity index (χ1v) is 8.59. The van der Waals surface area contributed by atoms with Crippen LogP contribution in [0.4, 0.5) is 11.6 Å². The highest BCUT2D eigenvalue weighted by Gasteiger charge is 2.30. The number of hydrogen-bond donors (Lipinski definition) is 0. The van der Waals surface area contributed by atoms with Gasteiger partial charge in [0.15, 0.2) is 11.5 Å². The highest BCUT2D eigenvalue weighted by atomic mass is 32.1. The molecule has 0 aliphatic carbocycles. The van der Waals surface area contributed by atoms with Crippen molar-refractivity contribution in [3.05, 3.63) is 45.0 Å². The molecule has 3 heterocycles. The van der Waals surface area contributed by atoms with Crippen molar-refractivity contribution in [3.8, 4) is 11.5 Å². The molecular weight excluding hydrogens is 344 g/mol. The fraction of sp³-hybridized carbons (Fsp3) is 0.312. The number of thiazole rings is 1. The van der Waals surface area contributed by atoms with Gasteiger partial charge < -0.3 is 24.5 Å². The normalized spacial score (nSPS) is 13.8. The van der Waals surface area contributed by atoms with Gasteiger partial charge in [0.25, 0.3) is 4.96 Å². The van der Waals surface area contributed by atoms with Gasteiger partial charge in [-0.15, -0.1) is 0 Å². The van der Waals surface area contributed by atoms with E-state index in [0.29, 0.717) is 35.4 Å². The predicted molar refractivity (Wildman–Crippen MR) is 94.0 cm³/mol. The molecule has 1 aromatic carbocycles. The lowest BCUT2D eigenvalue weighted by Crippen LogP contribution is -2.31. The summed E-state index contributed by atoms with van der Waals surface area (Å²) in [6.45, 7) is 1.20. The van der Waals surface area contributed by atoms with E-state index in [4.69, 9.17) is 9.47 Å². The third-order valence-corrected chi connectivity index (χ3v) is 5.17. The Morgan fingerprint density at radius 3 is 2.64 bits per heavy atom. The summed E-state index contributed by atoms with van der Waals surface area (Å²) in [5.41, 5.74) is 2.23. The van der Waals surface area contributed by atoms with Crippen LogP contribution in [0, 0.1) is 10.1 Å². The molecule has 0 fully saturated rings. The molecule has 2 aromatic heterocycles. The van der Waals surface area contributed by atoms with Gasteiger partial charge in [-0.05, 0) is 34.6 Å². The first-order valence-electron chi connectivity index (χ1n) is 7.71. The molecule has 0 bridgehead atoms. The molecular formula is C16H16N4O4S. The molecule has 0 amide bonds. The minimum absolute atomic E-state index is 0.0141. The van der Waals surface area contributed by atoms with E-state index in [9.17, 15) is 10.1 Å². The summed E-state index contributed by atoms with van der Waals surface area (Å²) in [4.78, 5) is 18.2. The lowest BCUT2D eigenvalue weighted by Gasteiger charge is -2.29. The molecule has 8 nitrogen and oxygen atoms in total.